The molecule has 2 atom stereocenters. The maximum atomic E-state index is 11.7. The van der Waals surface area contributed by atoms with Gasteiger partial charge in [-0.1, -0.05) is 44.2 Å². The number of carboxylic acid groups (broad SMARTS) is 1. The van der Waals surface area contributed by atoms with Crippen LogP contribution < -0.4 is 0 Å². The zero-order valence-electron chi connectivity index (χ0n) is 11.7. The van der Waals surface area contributed by atoms with Crippen LogP contribution in [0.25, 0.3) is 0 Å². The Morgan fingerprint density at radius 1 is 1.26 bits per heavy atom. The quantitative estimate of drug-likeness (QED) is 0.858. The molecule has 0 saturated carbocycles. The summed E-state index contributed by atoms with van der Waals surface area (Å²) >= 11 is 0. The minimum atomic E-state index is -0.958. The van der Waals surface area contributed by atoms with Crippen LogP contribution >= 0.6 is 0 Å². The highest BCUT2D eigenvalue weighted by Gasteiger charge is 2.33. The van der Waals surface area contributed by atoms with E-state index in [4.69, 9.17) is 0 Å². The van der Waals surface area contributed by atoms with Crippen LogP contribution in [-0.4, -0.2) is 34.5 Å². The molecule has 1 aromatic carbocycles. The lowest BCUT2D eigenvalue weighted by Gasteiger charge is -2.32. The molecule has 1 N–H and O–H groups in total. The number of hydrogen-bond acceptors (Lipinski definition) is 2. The minimum absolute atomic E-state index is 0.197. The SMILES string of the molecule is CCCN(C(C)=O)C(C(=O)O)C(C)c1ccccc1. The Balaban J connectivity index is 3.05. The summed E-state index contributed by atoms with van der Waals surface area (Å²) in [6.07, 6.45) is 0.741. The molecule has 0 radical (unpaired) electrons. The molecule has 0 heterocycles. The van der Waals surface area contributed by atoms with Crippen molar-refractivity contribution in [2.24, 2.45) is 0 Å². The van der Waals surface area contributed by atoms with Gasteiger partial charge in [-0.2, -0.15) is 0 Å². The van der Waals surface area contributed by atoms with Crippen molar-refractivity contribution in [2.75, 3.05) is 6.54 Å². The van der Waals surface area contributed by atoms with Crippen LogP contribution in [0.15, 0.2) is 30.3 Å². The van der Waals surface area contributed by atoms with Gasteiger partial charge in [0.05, 0.1) is 0 Å². The Kier molecular flexibility index (Phi) is 5.55. The second kappa shape index (κ2) is 6.92. The van der Waals surface area contributed by atoms with E-state index in [-0.39, 0.29) is 11.8 Å². The van der Waals surface area contributed by atoms with Crippen LogP contribution in [0.3, 0.4) is 0 Å². The van der Waals surface area contributed by atoms with Gasteiger partial charge in [0.1, 0.15) is 6.04 Å². The summed E-state index contributed by atoms with van der Waals surface area (Å²) in [5.74, 6) is -1.40. The summed E-state index contributed by atoms with van der Waals surface area (Å²) in [6, 6.07) is 8.61. The molecule has 0 saturated heterocycles. The van der Waals surface area contributed by atoms with Crippen LogP contribution in [-0.2, 0) is 9.59 Å². The van der Waals surface area contributed by atoms with E-state index in [2.05, 4.69) is 0 Å². The lowest BCUT2D eigenvalue weighted by molar-refractivity contribution is -0.150. The van der Waals surface area contributed by atoms with Gasteiger partial charge >= 0.3 is 5.97 Å². The van der Waals surface area contributed by atoms with Crippen LogP contribution in [0.4, 0.5) is 0 Å². The summed E-state index contributed by atoms with van der Waals surface area (Å²) in [5.41, 5.74) is 0.928. The fraction of sp³-hybridized carbons (Fsp3) is 0.467. The molecule has 0 aliphatic rings. The predicted molar refractivity (Wildman–Crippen MR) is 74.0 cm³/mol. The number of carbonyl (C=O) groups is 2. The molecule has 1 rings (SSSR count). The molecular weight excluding hydrogens is 242 g/mol. The van der Waals surface area contributed by atoms with Crippen molar-refractivity contribution in [3.63, 3.8) is 0 Å². The maximum absolute atomic E-state index is 11.7. The van der Waals surface area contributed by atoms with Crippen LogP contribution in [0.2, 0.25) is 0 Å². The first-order valence-corrected chi connectivity index (χ1v) is 6.54. The fourth-order valence-corrected chi connectivity index (χ4v) is 2.29. The third-order valence-corrected chi connectivity index (χ3v) is 3.26. The molecular formula is C15H21NO3. The molecule has 0 spiro atoms. The Morgan fingerprint density at radius 2 is 1.84 bits per heavy atom. The first kappa shape index (κ1) is 15.2. The molecule has 0 aliphatic carbocycles. The number of rotatable bonds is 6. The van der Waals surface area contributed by atoms with Crippen LogP contribution in [0.5, 0.6) is 0 Å². The molecule has 0 aromatic heterocycles. The van der Waals surface area contributed by atoms with Gasteiger partial charge in [-0.15, -0.1) is 0 Å². The Labute approximate surface area is 114 Å². The maximum Gasteiger partial charge on any atom is 0.327 e. The number of carbonyl (C=O) groups excluding carboxylic acids is 1. The van der Waals surface area contributed by atoms with Gasteiger partial charge in [-0.05, 0) is 12.0 Å². The highest BCUT2D eigenvalue weighted by Crippen LogP contribution is 2.23. The monoisotopic (exact) mass is 263 g/mol. The molecule has 104 valence electrons. The molecule has 19 heavy (non-hydrogen) atoms. The summed E-state index contributed by atoms with van der Waals surface area (Å²) in [4.78, 5) is 24.7. The molecule has 0 fully saturated rings. The fourth-order valence-electron chi connectivity index (χ4n) is 2.29. The Bertz CT molecular complexity index is 430. The van der Waals surface area contributed by atoms with Crippen molar-refractivity contribution in [1.82, 2.24) is 4.90 Å². The summed E-state index contributed by atoms with van der Waals surface area (Å²) in [7, 11) is 0. The van der Waals surface area contributed by atoms with E-state index in [1.54, 1.807) is 0 Å². The number of carboxylic acids is 1. The Morgan fingerprint density at radius 3 is 2.26 bits per heavy atom. The number of nitrogens with zero attached hydrogens (tertiary/aromatic N) is 1. The number of aliphatic carboxylic acids is 1. The van der Waals surface area contributed by atoms with Crippen LogP contribution in [0.1, 0.15) is 38.7 Å². The summed E-state index contributed by atoms with van der Waals surface area (Å²) in [5, 5.41) is 9.46. The van der Waals surface area contributed by atoms with E-state index in [1.165, 1.54) is 11.8 Å². The highest BCUT2D eigenvalue weighted by molar-refractivity contribution is 5.83. The highest BCUT2D eigenvalue weighted by atomic mass is 16.4. The van der Waals surface area contributed by atoms with Gasteiger partial charge in [0, 0.05) is 19.4 Å². The van der Waals surface area contributed by atoms with E-state index in [1.807, 2.05) is 44.2 Å². The van der Waals surface area contributed by atoms with Crippen molar-refractivity contribution >= 4 is 11.9 Å². The third kappa shape index (κ3) is 3.81. The molecule has 0 aliphatic heterocycles. The smallest absolute Gasteiger partial charge is 0.327 e. The van der Waals surface area contributed by atoms with E-state index in [0.29, 0.717) is 6.54 Å². The van der Waals surface area contributed by atoms with Gasteiger partial charge < -0.3 is 10.0 Å². The second-order valence-corrected chi connectivity index (χ2v) is 4.69. The zero-order valence-corrected chi connectivity index (χ0v) is 11.7. The lowest BCUT2D eigenvalue weighted by atomic mass is 9.92. The van der Waals surface area contributed by atoms with E-state index >= 15 is 0 Å². The molecule has 4 nitrogen and oxygen atoms in total. The number of amides is 1. The lowest BCUT2D eigenvalue weighted by Crippen LogP contribution is -2.47. The van der Waals surface area contributed by atoms with Crippen molar-refractivity contribution in [1.29, 1.82) is 0 Å². The van der Waals surface area contributed by atoms with Crippen molar-refractivity contribution in [2.45, 2.75) is 39.2 Å². The minimum Gasteiger partial charge on any atom is -0.480 e. The normalized spacial score (nSPS) is 13.6. The predicted octanol–water partition coefficient (Wildman–Crippen LogP) is 2.50. The first-order chi connectivity index (χ1) is 8.99. The van der Waals surface area contributed by atoms with Crippen molar-refractivity contribution < 1.29 is 14.7 Å². The molecule has 2 unspecified atom stereocenters. The van der Waals surface area contributed by atoms with E-state index in [0.717, 1.165) is 12.0 Å². The molecule has 1 amide bonds. The third-order valence-electron chi connectivity index (χ3n) is 3.26. The molecule has 0 bridgehead atoms. The zero-order chi connectivity index (χ0) is 14.4. The number of benzene rings is 1. The van der Waals surface area contributed by atoms with Crippen molar-refractivity contribution in [3.8, 4) is 0 Å². The average molecular weight is 263 g/mol. The van der Waals surface area contributed by atoms with Gasteiger partial charge in [-0.3, -0.25) is 4.79 Å². The topological polar surface area (TPSA) is 57.6 Å². The van der Waals surface area contributed by atoms with E-state index < -0.39 is 12.0 Å². The largest absolute Gasteiger partial charge is 0.480 e. The Hall–Kier alpha value is -1.84. The molecule has 4 heteroatoms. The first-order valence-electron chi connectivity index (χ1n) is 6.54. The van der Waals surface area contributed by atoms with Gasteiger partial charge in [0.25, 0.3) is 0 Å². The summed E-state index contributed by atoms with van der Waals surface area (Å²) in [6.45, 7) is 5.66. The molecule has 1 aromatic rings. The van der Waals surface area contributed by atoms with Gasteiger partial charge in [0.15, 0.2) is 0 Å². The van der Waals surface area contributed by atoms with E-state index in [9.17, 15) is 14.7 Å². The van der Waals surface area contributed by atoms with Gasteiger partial charge in [-0.25, -0.2) is 4.79 Å². The average Bonchev–Trinajstić information content (AvgIpc) is 2.38. The summed E-state index contributed by atoms with van der Waals surface area (Å²) < 4.78 is 0. The number of hydrogen-bond donors (Lipinski definition) is 1. The van der Waals surface area contributed by atoms with Gasteiger partial charge in [0.2, 0.25) is 5.91 Å². The standard InChI is InChI=1S/C15H21NO3/c1-4-10-16(12(3)17)14(15(18)19)11(2)13-8-6-5-7-9-13/h5-9,11,14H,4,10H2,1-3H3,(H,18,19). The van der Waals surface area contributed by atoms with Crippen molar-refractivity contribution in [3.05, 3.63) is 35.9 Å². The van der Waals surface area contributed by atoms with Crippen LogP contribution in [0, 0.1) is 0 Å². The second-order valence-electron chi connectivity index (χ2n) is 4.69.